The largest absolute Gasteiger partial charge is 0.383 e. The van der Waals surface area contributed by atoms with E-state index < -0.39 is 0 Å². The van der Waals surface area contributed by atoms with Crippen molar-refractivity contribution in [2.75, 3.05) is 25.7 Å². The van der Waals surface area contributed by atoms with Gasteiger partial charge in [-0.1, -0.05) is 0 Å². The summed E-state index contributed by atoms with van der Waals surface area (Å²) >= 11 is 5.93. The molecule has 102 valence electrons. The van der Waals surface area contributed by atoms with Crippen LogP contribution >= 0.6 is 11.6 Å². The molecule has 1 atom stereocenters. The number of methoxy groups -OCH3 is 1. The fourth-order valence-electron chi connectivity index (χ4n) is 1.53. The monoisotopic (exact) mass is 282 g/mol. The van der Waals surface area contributed by atoms with Gasteiger partial charge in [0.2, 0.25) is 11.2 Å². The second-order valence-electron chi connectivity index (χ2n) is 4.07. The van der Waals surface area contributed by atoms with Gasteiger partial charge in [-0.05, 0) is 24.6 Å². The fourth-order valence-corrected chi connectivity index (χ4v) is 1.68. The number of rotatable bonds is 5. The Balaban J connectivity index is 2.31. The lowest BCUT2D eigenvalue weighted by molar-refractivity contribution is 0.183. The van der Waals surface area contributed by atoms with Gasteiger partial charge in [-0.15, -0.1) is 0 Å². The van der Waals surface area contributed by atoms with E-state index in [1.807, 2.05) is 18.9 Å². The average molecular weight is 283 g/mol. The number of nitrogens with zero attached hydrogens (tertiary/aromatic N) is 6. The molecule has 0 spiro atoms. The molecule has 0 radical (unpaired) electrons. The van der Waals surface area contributed by atoms with Crippen molar-refractivity contribution >= 4 is 17.5 Å². The number of hydrogen-bond donors (Lipinski definition) is 0. The van der Waals surface area contributed by atoms with Gasteiger partial charge in [0, 0.05) is 26.6 Å². The van der Waals surface area contributed by atoms with Crippen LogP contribution in [0.4, 0.5) is 5.95 Å². The lowest BCUT2D eigenvalue weighted by Crippen LogP contribution is -2.34. The zero-order valence-corrected chi connectivity index (χ0v) is 11.7. The van der Waals surface area contributed by atoms with Gasteiger partial charge in [0.05, 0.1) is 12.6 Å². The highest BCUT2D eigenvalue weighted by Gasteiger charge is 2.15. The smallest absolute Gasteiger partial charge is 0.256 e. The van der Waals surface area contributed by atoms with E-state index in [-0.39, 0.29) is 11.3 Å². The molecule has 0 saturated carbocycles. The lowest BCUT2D eigenvalue weighted by Gasteiger charge is -2.24. The number of halogens is 1. The maximum atomic E-state index is 5.93. The van der Waals surface area contributed by atoms with Gasteiger partial charge in [-0.3, -0.25) is 0 Å². The zero-order chi connectivity index (χ0) is 13.8. The van der Waals surface area contributed by atoms with Crippen LogP contribution < -0.4 is 4.90 Å². The van der Waals surface area contributed by atoms with E-state index >= 15 is 0 Å². The van der Waals surface area contributed by atoms with Crippen LogP contribution in [0.1, 0.15) is 6.92 Å². The minimum absolute atomic E-state index is 0.119. The van der Waals surface area contributed by atoms with Crippen LogP contribution in [0.5, 0.6) is 0 Å². The second-order valence-corrected chi connectivity index (χ2v) is 4.41. The summed E-state index contributed by atoms with van der Waals surface area (Å²) < 4.78 is 6.65. The van der Waals surface area contributed by atoms with Crippen LogP contribution in [0.15, 0.2) is 18.5 Å². The van der Waals surface area contributed by atoms with Gasteiger partial charge in [-0.25, -0.2) is 4.68 Å². The van der Waals surface area contributed by atoms with E-state index in [1.165, 1.54) is 4.68 Å². The summed E-state index contributed by atoms with van der Waals surface area (Å²) in [6.07, 6.45) is 3.39. The van der Waals surface area contributed by atoms with E-state index in [9.17, 15) is 0 Å². The number of ether oxygens (including phenoxy) is 1. The standard InChI is InChI=1S/C11H15ClN6O/c1-8(7-19-3)17(2)10-14-9(12)15-11(16-10)18-6-4-5-13-18/h4-6,8H,7H2,1-3H3. The normalized spacial score (nSPS) is 12.4. The van der Waals surface area contributed by atoms with Crippen molar-refractivity contribution in [2.45, 2.75) is 13.0 Å². The highest BCUT2D eigenvalue weighted by atomic mass is 35.5. The van der Waals surface area contributed by atoms with Crippen molar-refractivity contribution in [1.29, 1.82) is 0 Å². The Hall–Kier alpha value is -1.73. The Labute approximate surface area is 116 Å². The van der Waals surface area contributed by atoms with Crippen LogP contribution in [-0.4, -0.2) is 51.5 Å². The molecule has 2 rings (SSSR count). The summed E-state index contributed by atoms with van der Waals surface area (Å²) in [5.74, 6) is 0.867. The zero-order valence-electron chi connectivity index (χ0n) is 11.0. The van der Waals surface area contributed by atoms with E-state index in [2.05, 4.69) is 20.1 Å². The quantitative estimate of drug-likeness (QED) is 0.820. The van der Waals surface area contributed by atoms with Gasteiger partial charge in [0.25, 0.3) is 5.95 Å². The van der Waals surface area contributed by atoms with Crippen LogP contribution in [-0.2, 0) is 4.74 Å². The van der Waals surface area contributed by atoms with Crippen molar-refractivity contribution in [3.05, 3.63) is 23.7 Å². The molecule has 2 aromatic rings. The average Bonchev–Trinajstić information content (AvgIpc) is 2.91. The number of hydrogen-bond acceptors (Lipinski definition) is 6. The summed E-state index contributed by atoms with van der Waals surface area (Å²) in [5.41, 5.74) is 0. The molecule has 8 heteroatoms. The molecule has 0 amide bonds. The van der Waals surface area contributed by atoms with Gasteiger partial charge >= 0.3 is 0 Å². The SMILES string of the molecule is COCC(C)N(C)c1nc(Cl)nc(-n2cccn2)n1. The predicted molar refractivity (Wildman–Crippen MR) is 71.7 cm³/mol. The Morgan fingerprint density at radius 2 is 2.21 bits per heavy atom. The highest BCUT2D eigenvalue weighted by molar-refractivity contribution is 6.28. The van der Waals surface area contributed by atoms with E-state index in [0.717, 1.165) is 0 Å². The molecule has 0 aromatic carbocycles. The number of anilines is 1. The predicted octanol–water partition coefficient (Wildman–Crippen LogP) is 1.18. The third-order valence-electron chi connectivity index (χ3n) is 2.68. The first kappa shape index (κ1) is 13.7. The molecule has 0 N–H and O–H groups in total. The van der Waals surface area contributed by atoms with Crippen molar-refractivity contribution in [3.8, 4) is 5.95 Å². The molecule has 0 bridgehead atoms. The molecular weight excluding hydrogens is 268 g/mol. The van der Waals surface area contributed by atoms with Crippen LogP contribution in [0.2, 0.25) is 5.28 Å². The van der Waals surface area contributed by atoms with Crippen molar-refractivity contribution < 1.29 is 4.74 Å². The minimum Gasteiger partial charge on any atom is -0.383 e. The van der Waals surface area contributed by atoms with Crippen LogP contribution in [0.3, 0.4) is 0 Å². The summed E-state index contributed by atoms with van der Waals surface area (Å²) in [6, 6.07) is 1.91. The molecule has 0 aliphatic rings. The van der Waals surface area contributed by atoms with Crippen LogP contribution in [0.25, 0.3) is 5.95 Å². The second kappa shape index (κ2) is 5.94. The molecule has 0 aliphatic heterocycles. The third-order valence-corrected chi connectivity index (χ3v) is 2.85. The van der Waals surface area contributed by atoms with Gasteiger partial charge < -0.3 is 9.64 Å². The Bertz CT molecular complexity index is 532. The maximum absolute atomic E-state index is 5.93. The number of likely N-dealkylation sites (N-methyl/N-ethyl adjacent to an activating group) is 1. The van der Waals surface area contributed by atoms with Gasteiger partial charge in [0.15, 0.2) is 0 Å². The Kier molecular flexibility index (Phi) is 4.28. The summed E-state index contributed by atoms with van der Waals surface area (Å²) in [5, 5.41) is 4.20. The molecule has 19 heavy (non-hydrogen) atoms. The van der Waals surface area contributed by atoms with Gasteiger partial charge in [0.1, 0.15) is 0 Å². The number of aromatic nitrogens is 5. The minimum atomic E-state index is 0.119. The fraction of sp³-hybridized carbons (Fsp3) is 0.455. The Morgan fingerprint density at radius 3 is 2.84 bits per heavy atom. The van der Waals surface area contributed by atoms with E-state index in [4.69, 9.17) is 16.3 Å². The topological polar surface area (TPSA) is 69.0 Å². The molecule has 1 unspecified atom stereocenters. The first-order valence-corrected chi connectivity index (χ1v) is 6.13. The molecule has 0 aliphatic carbocycles. The van der Waals surface area contributed by atoms with E-state index in [0.29, 0.717) is 18.5 Å². The summed E-state index contributed by atoms with van der Waals surface area (Å²) in [6.45, 7) is 2.58. The summed E-state index contributed by atoms with van der Waals surface area (Å²) in [4.78, 5) is 14.4. The molecule has 7 nitrogen and oxygen atoms in total. The van der Waals surface area contributed by atoms with E-state index in [1.54, 1.807) is 25.6 Å². The third kappa shape index (κ3) is 3.18. The summed E-state index contributed by atoms with van der Waals surface area (Å²) in [7, 11) is 3.53. The van der Waals surface area contributed by atoms with Crippen molar-refractivity contribution in [3.63, 3.8) is 0 Å². The molecule has 2 aromatic heterocycles. The lowest BCUT2D eigenvalue weighted by atomic mass is 10.3. The van der Waals surface area contributed by atoms with Crippen LogP contribution in [0, 0.1) is 0 Å². The van der Waals surface area contributed by atoms with Gasteiger partial charge in [-0.2, -0.15) is 20.1 Å². The molecule has 0 fully saturated rings. The first-order valence-electron chi connectivity index (χ1n) is 5.75. The Morgan fingerprint density at radius 1 is 1.42 bits per heavy atom. The molecule has 0 saturated heterocycles. The highest BCUT2D eigenvalue weighted by Crippen LogP contribution is 2.14. The first-order chi connectivity index (χ1) is 9.11. The van der Waals surface area contributed by atoms with Crippen molar-refractivity contribution in [1.82, 2.24) is 24.7 Å². The van der Waals surface area contributed by atoms with Crippen molar-refractivity contribution in [2.24, 2.45) is 0 Å². The maximum Gasteiger partial charge on any atom is 0.256 e. The molecular formula is C11H15ClN6O. The molecule has 2 heterocycles.